The van der Waals surface area contributed by atoms with Crippen LogP contribution in [0.4, 0.5) is 0 Å². The minimum atomic E-state index is -2.86. The van der Waals surface area contributed by atoms with E-state index in [2.05, 4.69) is 40.3 Å². The molecule has 6 nitrogen and oxygen atoms in total. The van der Waals surface area contributed by atoms with Crippen molar-refractivity contribution in [2.75, 3.05) is 11.5 Å². The van der Waals surface area contributed by atoms with Gasteiger partial charge >= 0.3 is 0 Å². The number of hydrazine groups is 1. The van der Waals surface area contributed by atoms with Crippen LogP contribution in [0.3, 0.4) is 0 Å². The summed E-state index contributed by atoms with van der Waals surface area (Å²) in [6, 6.07) is 0.118. The lowest BCUT2D eigenvalue weighted by atomic mass is 9.97. The summed E-state index contributed by atoms with van der Waals surface area (Å²) in [7, 11) is -2.86. The number of sulfone groups is 1. The van der Waals surface area contributed by atoms with E-state index >= 15 is 0 Å². The van der Waals surface area contributed by atoms with E-state index in [0.29, 0.717) is 18.6 Å². The van der Waals surface area contributed by atoms with E-state index in [1.807, 2.05) is 4.68 Å². The van der Waals surface area contributed by atoms with Crippen molar-refractivity contribution in [3.05, 3.63) is 16.4 Å². The van der Waals surface area contributed by atoms with Crippen LogP contribution in [0.5, 0.6) is 0 Å². The molecule has 1 aliphatic rings. The molecule has 8 heteroatoms. The number of nitrogens with one attached hydrogen (secondary N) is 1. The summed E-state index contributed by atoms with van der Waals surface area (Å²) in [4.78, 5) is 0. The minimum absolute atomic E-state index is 0.104. The molecule has 0 bridgehead atoms. The Kier molecular flexibility index (Phi) is 4.88. The maximum absolute atomic E-state index is 11.6. The molecule has 1 aromatic heterocycles. The monoisotopic (exact) mass is 364 g/mol. The molecule has 114 valence electrons. The predicted octanol–water partition coefficient (Wildman–Crippen LogP) is 1.56. The zero-order valence-corrected chi connectivity index (χ0v) is 14.1. The van der Waals surface area contributed by atoms with Gasteiger partial charge in [-0.25, -0.2) is 8.42 Å². The Morgan fingerprint density at radius 2 is 2.30 bits per heavy atom. The summed E-state index contributed by atoms with van der Waals surface area (Å²) < 4.78 is 25.9. The first-order chi connectivity index (χ1) is 9.34. The maximum Gasteiger partial charge on any atom is 0.150 e. The highest BCUT2D eigenvalue weighted by Crippen LogP contribution is 2.33. The van der Waals surface area contributed by atoms with E-state index in [4.69, 9.17) is 5.84 Å². The van der Waals surface area contributed by atoms with Crippen molar-refractivity contribution in [1.29, 1.82) is 0 Å². The van der Waals surface area contributed by atoms with Gasteiger partial charge in [0.25, 0.3) is 0 Å². The van der Waals surface area contributed by atoms with Crippen LogP contribution < -0.4 is 11.3 Å². The summed E-state index contributed by atoms with van der Waals surface area (Å²) in [6.45, 7) is 4.10. The van der Waals surface area contributed by atoms with Crippen LogP contribution in [0.15, 0.2) is 10.7 Å². The Morgan fingerprint density at radius 1 is 1.60 bits per heavy atom. The van der Waals surface area contributed by atoms with Gasteiger partial charge in [0.2, 0.25) is 0 Å². The molecular formula is C12H21BrN4O2S. The van der Waals surface area contributed by atoms with Gasteiger partial charge in [0.1, 0.15) is 0 Å². The molecule has 0 aliphatic carbocycles. The highest BCUT2D eigenvalue weighted by molar-refractivity contribution is 9.10. The fraction of sp³-hybridized carbons (Fsp3) is 0.750. The second kappa shape index (κ2) is 6.13. The zero-order chi connectivity index (χ0) is 14.9. The van der Waals surface area contributed by atoms with Crippen LogP contribution in [0.1, 0.15) is 44.5 Å². The molecule has 1 aliphatic heterocycles. The molecule has 1 aromatic rings. The summed E-state index contributed by atoms with van der Waals surface area (Å²) in [6.07, 6.45) is 3.17. The van der Waals surface area contributed by atoms with Crippen molar-refractivity contribution in [3.8, 4) is 0 Å². The van der Waals surface area contributed by atoms with Crippen LogP contribution >= 0.6 is 15.9 Å². The third kappa shape index (κ3) is 3.41. The van der Waals surface area contributed by atoms with Crippen LogP contribution in [0, 0.1) is 5.92 Å². The van der Waals surface area contributed by atoms with Gasteiger partial charge in [0.05, 0.1) is 33.9 Å². The van der Waals surface area contributed by atoms with E-state index in [9.17, 15) is 8.42 Å². The number of nitrogens with two attached hydrogens (primary N) is 1. The molecule has 0 saturated carbocycles. The zero-order valence-electron chi connectivity index (χ0n) is 11.7. The third-order valence-corrected chi connectivity index (χ3v) is 6.15. The van der Waals surface area contributed by atoms with Crippen LogP contribution in [0.2, 0.25) is 0 Å². The molecule has 2 atom stereocenters. The topological polar surface area (TPSA) is 90.0 Å². The summed E-state index contributed by atoms with van der Waals surface area (Å²) >= 11 is 3.50. The molecule has 0 aromatic carbocycles. The fourth-order valence-corrected chi connectivity index (χ4v) is 5.17. The number of aromatic nitrogens is 2. The minimum Gasteiger partial charge on any atom is -0.271 e. The van der Waals surface area contributed by atoms with Crippen LogP contribution in [0.25, 0.3) is 0 Å². The highest BCUT2D eigenvalue weighted by Gasteiger charge is 2.31. The average Bonchev–Trinajstić information content (AvgIpc) is 2.89. The molecule has 1 fully saturated rings. The van der Waals surface area contributed by atoms with Gasteiger partial charge in [-0.15, -0.1) is 0 Å². The van der Waals surface area contributed by atoms with Gasteiger partial charge < -0.3 is 0 Å². The van der Waals surface area contributed by atoms with Gasteiger partial charge in [-0.3, -0.25) is 16.0 Å². The molecule has 2 rings (SSSR count). The summed E-state index contributed by atoms with van der Waals surface area (Å²) in [5, 5.41) is 4.34. The fourth-order valence-electron chi connectivity index (χ4n) is 2.74. The van der Waals surface area contributed by atoms with E-state index < -0.39 is 9.84 Å². The van der Waals surface area contributed by atoms with Crippen LogP contribution in [-0.2, 0) is 9.84 Å². The van der Waals surface area contributed by atoms with Gasteiger partial charge in [-0.1, -0.05) is 0 Å². The molecule has 0 radical (unpaired) electrons. The lowest BCUT2D eigenvalue weighted by Gasteiger charge is -2.22. The number of halogens is 1. The maximum atomic E-state index is 11.6. The van der Waals surface area contributed by atoms with Gasteiger partial charge in [0.15, 0.2) is 9.84 Å². The van der Waals surface area contributed by atoms with Gasteiger partial charge in [0, 0.05) is 6.04 Å². The van der Waals surface area contributed by atoms with Crippen molar-refractivity contribution in [3.63, 3.8) is 0 Å². The molecule has 0 spiro atoms. The van der Waals surface area contributed by atoms with Crippen molar-refractivity contribution in [2.45, 2.75) is 38.8 Å². The van der Waals surface area contributed by atoms with Crippen molar-refractivity contribution >= 4 is 25.8 Å². The molecule has 0 amide bonds. The lowest BCUT2D eigenvalue weighted by molar-refractivity contribution is 0.382. The first kappa shape index (κ1) is 15.9. The van der Waals surface area contributed by atoms with Crippen molar-refractivity contribution in [1.82, 2.24) is 15.2 Å². The molecule has 1 saturated heterocycles. The SMILES string of the molecule is CC(C)n1ncc(Br)c1C(CC1CCS(=O)(=O)C1)NN. The second-order valence-electron chi connectivity index (χ2n) is 5.64. The Labute approximate surface area is 128 Å². The Morgan fingerprint density at radius 3 is 2.80 bits per heavy atom. The highest BCUT2D eigenvalue weighted by atomic mass is 79.9. The molecule has 20 heavy (non-hydrogen) atoms. The number of hydrogen-bond donors (Lipinski definition) is 2. The van der Waals surface area contributed by atoms with E-state index in [-0.39, 0.29) is 23.8 Å². The number of hydrogen-bond acceptors (Lipinski definition) is 5. The first-order valence-corrected chi connectivity index (χ1v) is 9.35. The number of nitrogens with zero attached hydrogens (tertiary/aromatic N) is 2. The Bertz CT molecular complexity index is 570. The van der Waals surface area contributed by atoms with Crippen molar-refractivity contribution < 1.29 is 8.42 Å². The second-order valence-corrected chi connectivity index (χ2v) is 8.72. The average molecular weight is 365 g/mol. The third-order valence-electron chi connectivity index (χ3n) is 3.70. The predicted molar refractivity (Wildman–Crippen MR) is 81.8 cm³/mol. The molecule has 3 N–H and O–H groups in total. The molecular weight excluding hydrogens is 344 g/mol. The standard InChI is InChI=1S/C12H21BrN4O2S/c1-8(2)17-12(10(13)6-15-17)11(16-14)5-9-3-4-20(18,19)7-9/h6,8-9,11,16H,3-5,7,14H2,1-2H3. The normalized spacial score (nSPS) is 23.4. The Balaban J connectivity index is 2.19. The van der Waals surface area contributed by atoms with E-state index in [1.165, 1.54) is 0 Å². The van der Waals surface area contributed by atoms with Crippen LogP contribution in [-0.4, -0.2) is 29.7 Å². The quantitative estimate of drug-likeness (QED) is 0.611. The lowest BCUT2D eigenvalue weighted by Crippen LogP contribution is -2.32. The van der Waals surface area contributed by atoms with Gasteiger partial charge in [-0.2, -0.15) is 5.10 Å². The largest absolute Gasteiger partial charge is 0.271 e. The number of rotatable bonds is 5. The van der Waals surface area contributed by atoms with Crippen molar-refractivity contribution in [2.24, 2.45) is 11.8 Å². The molecule has 2 unspecified atom stereocenters. The Hall–Kier alpha value is -0.440. The first-order valence-electron chi connectivity index (χ1n) is 6.73. The summed E-state index contributed by atoms with van der Waals surface area (Å²) in [5.74, 6) is 6.40. The van der Waals surface area contributed by atoms with Gasteiger partial charge in [-0.05, 0) is 48.5 Å². The van der Waals surface area contributed by atoms with E-state index in [1.54, 1.807) is 6.20 Å². The summed E-state index contributed by atoms with van der Waals surface area (Å²) in [5.41, 5.74) is 3.79. The van der Waals surface area contributed by atoms with E-state index in [0.717, 1.165) is 10.2 Å². The molecule has 2 heterocycles. The smallest absolute Gasteiger partial charge is 0.150 e.